The second-order valence-electron chi connectivity index (χ2n) is 8.11. The topological polar surface area (TPSA) is 71.6 Å². The first-order chi connectivity index (χ1) is 15.4. The molecule has 2 atom stereocenters. The highest BCUT2D eigenvalue weighted by atomic mass is 79.9. The summed E-state index contributed by atoms with van der Waals surface area (Å²) in [5.41, 5.74) is 1.67. The van der Waals surface area contributed by atoms with Gasteiger partial charge in [0.2, 0.25) is 5.88 Å². The number of methoxy groups -OCH3 is 1. The van der Waals surface area contributed by atoms with Crippen LogP contribution in [-0.2, 0) is 5.60 Å². The minimum Gasteiger partial charge on any atom is -0.481 e. The lowest BCUT2D eigenvalue weighted by Crippen LogP contribution is -2.38. The van der Waals surface area contributed by atoms with Gasteiger partial charge in [0.1, 0.15) is 5.60 Å². The Balaban J connectivity index is 1.98. The summed E-state index contributed by atoms with van der Waals surface area (Å²) in [5, 5.41) is 13.3. The standard InChI is InChI=1S/C25H26BrN3O3/c1-29(2)12-10-25(30,22-6-4-5-11-27-22)23(17-9-13-32-16-17)20-15-18-14-19(26)7-8-21(18)28-24(20)31-3/h4-9,11,13-16,23,30H,10,12H2,1-3H3. The Morgan fingerprint density at radius 3 is 2.69 bits per heavy atom. The Kier molecular flexibility index (Phi) is 6.60. The van der Waals surface area contributed by atoms with Crippen LogP contribution < -0.4 is 4.74 Å². The molecule has 0 saturated carbocycles. The highest BCUT2D eigenvalue weighted by Gasteiger charge is 2.43. The highest BCUT2D eigenvalue weighted by molar-refractivity contribution is 9.10. The molecular weight excluding hydrogens is 470 g/mol. The summed E-state index contributed by atoms with van der Waals surface area (Å²) in [4.78, 5) is 11.4. The molecule has 0 aliphatic rings. The van der Waals surface area contributed by atoms with Crippen LogP contribution >= 0.6 is 15.9 Å². The summed E-state index contributed by atoms with van der Waals surface area (Å²) in [6.45, 7) is 0.663. The third kappa shape index (κ3) is 4.41. The third-order valence-corrected chi connectivity index (χ3v) is 6.17. The number of halogens is 1. The summed E-state index contributed by atoms with van der Waals surface area (Å²) >= 11 is 3.55. The largest absolute Gasteiger partial charge is 0.481 e. The fraction of sp³-hybridized carbons (Fsp3) is 0.280. The zero-order valence-electron chi connectivity index (χ0n) is 18.3. The van der Waals surface area contributed by atoms with E-state index in [4.69, 9.17) is 14.1 Å². The maximum atomic E-state index is 12.3. The second-order valence-corrected chi connectivity index (χ2v) is 9.02. The molecule has 1 aromatic carbocycles. The Labute approximate surface area is 196 Å². The number of hydrogen-bond acceptors (Lipinski definition) is 6. The van der Waals surface area contributed by atoms with Gasteiger partial charge in [-0.3, -0.25) is 4.98 Å². The van der Waals surface area contributed by atoms with Gasteiger partial charge in [0.15, 0.2) is 0 Å². The van der Waals surface area contributed by atoms with E-state index in [0.717, 1.165) is 26.5 Å². The molecular formula is C25H26BrN3O3. The van der Waals surface area contributed by atoms with Crippen molar-refractivity contribution < 1.29 is 14.3 Å². The van der Waals surface area contributed by atoms with Crippen LogP contribution in [0.2, 0.25) is 0 Å². The number of aliphatic hydroxyl groups is 1. The van der Waals surface area contributed by atoms with Crippen LogP contribution in [-0.4, -0.2) is 47.7 Å². The molecule has 0 aliphatic carbocycles. The van der Waals surface area contributed by atoms with E-state index in [9.17, 15) is 5.11 Å². The number of rotatable bonds is 8. The molecule has 0 saturated heterocycles. The number of benzene rings is 1. The van der Waals surface area contributed by atoms with Gasteiger partial charge in [-0.1, -0.05) is 22.0 Å². The van der Waals surface area contributed by atoms with Crippen molar-refractivity contribution in [3.8, 4) is 5.88 Å². The summed E-state index contributed by atoms with van der Waals surface area (Å²) < 4.78 is 12.1. The van der Waals surface area contributed by atoms with Crippen molar-refractivity contribution in [1.82, 2.24) is 14.9 Å². The molecule has 0 fully saturated rings. The number of ether oxygens (including phenoxy) is 1. The van der Waals surface area contributed by atoms with Crippen molar-refractivity contribution in [2.75, 3.05) is 27.7 Å². The monoisotopic (exact) mass is 495 g/mol. The third-order valence-electron chi connectivity index (χ3n) is 5.68. The van der Waals surface area contributed by atoms with E-state index in [1.165, 1.54) is 0 Å². The van der Waals surface area contributed by atoms with Gasteiger partial charge in [-0.2, -0.15) is 0 Å². The van der Waals surface area contributed by atoms with Crippen LogP contribution in [0.25, 0.3) is 10.9 Å². The molecule has 4 aromatic rings. The lowest BCUT2D eigenvalue weighted by molar-refractivity contribution is -0.000384. The van der Waals surface area contributed by atoms with Crippen LogP contribution in [0, 0.1) is 0 Å². The molecule has 0 spiro atoms. The average molecular weight is 496 g/mol. The van der Waals surface area contributed by atoms with Gasteiger partial charge in [0.05, 0.1) is 36.8 Å². The molecule has 32 heavy (non-hydrogen) atoms. The van der Waals surface area contributed by atoms with Gasteiger partial charge in [0.25, 0.3) is 0 Å². The molecule has 2 unspecified atom stereocenters. The first-order valence-corrected chi connectivity index (χ1v) is 11.2. The Morgan fingerprint density at radius 2 is 2.03 bits per heavy atom. The fourth-order valence-electron chi connectivity index (χ4n) is 4.10. The Morgan fingerprint density at radius 1 is 1.19 bits per heavy atom. The first kappa shape index (κ1) is 22.5. The van der Waals surface area contributed by atoms with Crippen LogP contribution in [0.15, 0.2) is 76.1 Å². The van der Waals surface area contributed by atoms with Gasteiger partial charge in [0, 0.05) is 33.7 Å². The lowest BCUT2D eigenvalue weighted by atomic mass is 9.74. The molecule has 4 rings (SSSR count). The number of hydrogen-bond donors (Lipinski definition) is 1. The number of fused-ring (bicyclic) bond motifs is 1. The van der Waals surface area contributed by atoms with Crippen LogP contribution in [0.5, 0.6) is 5.88 Å². The SMILES string of the molecule is COc1nc2ccc(Br)cc2cc1C(c1ccoc1)C(O)(CCN(C)C)c1ccccn1. The van der Waals surface area contributed by atoms with E-state index in [2.05, 4.69) is 20.9 Å². The van der Waals surface area contributed by atoms with Gasteiger partial charge in [-0.05, 0) is 63.0 Å². The zero-order valence-corrected chi connectivity index (χ0v) is 19.9. The van der Waals surface area contributed by atoms with Gasteiger partial charge >= 0.3 is 0 Å². The van der Waals surface area contributed by atoms with Crippen molar-refractivity contribution in [3.05, 3.63) is 88.5 Å². The van der Waals surface area contributed by atoms with Crippen LogP contribution in [0.3, 0.4) is 0 Å². The van der Waals surface area contributed by atoms with Crippen molar-refractivity contribution in [2.24, 2.45) is 0 Å². The predicted octanol–water partition coefficient (Wildman–Crippen LogP) is 4.97. The van der Waals surface area contributed by atoms with Gasteiger partial charge < -0.3 is 19.2 Å². The van der Waals surface area contributed by atoms with Crippen molar-refractivity contribution in [1.29, 1.82) is 0 Å². The molecule has 0 aliphatic heterocycles. The molecule has 166 valence electrons. The van der Waals surface area contributed by atoms with E-state index >= 15 is 0 Å². The summed E-state index contributed by atoms with van der Waals surface area (Å²) in [5.74, 6) is -0.0489. The fourth-order valence-corrected chi connectivity index (χ4v) is 4.48. The van der Waals surface area contributed by atoms with Crippen LogP contribution in [0.4, 0.5) is 0 Å². The number of nitrogens with zero attached hydrogens (tertiary/aromatic N) is 3. The van der Waals surface area contributed by atoms with Crippen molar-refractivity contribution in [3.63, 3.8) is 0 Å². The minimum atomic E-state index is -1.33. The normalized spacial score (nSPS) is 14.4. The Hall–Kier alpha value is -2.74. The number of pyridine rings is 2. The molecule has 7 heteroatoms. The maximum absolute atomic E-state index is 12.3. The highest BCUT2D eigenvalue weighted by Crippen LogP contribution is 2.47. The van der Waals surface area contributed by atoms with Crippen molar-refractivity contribution in [2.45, 2.75) is 17.9 Å². The van der Waals surface area contributed by atoms with E-state index in [1.54, 1.807) is 25.8 Å². The number of aromatic nitrogens is 2. The maximum Gasteiger partial charge on any atom is 0.217 e. The van der Waals surface area contributed by atoms with Crippen molar-refractivity contribution >= 4 is 26.8 Å². The quantitative estimate of drug-likeness (QED) is 0.372. The summed E-state index contributed by atoms with van der Waals surface area (Å²) in [7, 11) is 5.57. The molecule has 3 aromatic heterocycles. The molecule has 3 heterocycles. The lowest BCUT2D eigenvalue weighted by Gasteiger charge is -2.37. The van der Waals surface area contributed by atoms with Crippen LogP contribution in [0.1, 0.15) is 29.2 Å². The van der Waals surface area contributed by atoms with E-state index in [1.807, 2.05) is 67.5 Å². The average Bonchev–Trinajstić information content (AvgIpc) is 3.32. The molecule has 0 bridgehead atoms. The summed E-state index contributed by atoms with van der Waals surface area (Å²) in [6.07, 6.45) is 5.44. The Bertz CT molecular complexity index is 1180. The molecule has 6 nitrogen and oxygen atoms in total. The predicted molar refractivity (Wildman–Crippen MR) is 128 cm³/mol. The second kappa shape index (κ2) is 9.40. The summed E-state index contributed by atoms with van der Waals surface area (Å²) in [6, 6.07) is 15.4. The zero-order chi connectivity index (χ0) is 22.7. The molecule has 0 radical (unpaired) electrons. The molecule has 0 amide bonds. The van der Waals surface area contributed by atoms with E-state index in [-0.39, 0.29) is 0 Å². The van der Waals surface area contributed by atoms with E-state index < -0.39 is 11.5 Å². The first-order valence-electron chi connectivity index (χ1n) is 10.4. The smallest absolute Gasteiger partial charge is 0.217 e. The minimum absolute atomic E-state index is 0.451. The van der Waals surface area contributed by atoms with E-state index in [0.29, 0.717) is 24.5 Å². The van der Waals surface area contributed by atoms with Gasteiger partial charge in [-0.25, -0.2) is 4.98 Å². The van der Waals surface area contributed by atoms with Gasteiger partial charge in [-0.15, -0.1) is 0 Å². The molecule has 1 N–H and O–H groups in total. The number of furan rings is 1.